The smallest absolute Gasteiger partial charge is 0.325 e. The zero-order valence-electron chi connectivity index (χ0n) is 22.8. The van der Waals surface area contributed by atoms with Crippen molar-refractivity contribution in [1.82, 2.24) is 20.4 Å². The molecular weight excluding hydrogens is 488 g/mol. The minimum absolute atomic E-state index is 0.0744. The van der Waals surface area contributed by atoms with Gasteiger partial charge in [0.1, 0.15) is 18.6 Å². The van der Waals surface area contributed by atoms with Crippen molar-refractivity contribution in [1.29, 1.82) is 0 Å². The molecular formula is C28H40N4O6. The molecule has 0 aliphatic heterocycles. The normalized spacial score (nSPS) is 12.0. The summed E-state index contributed by atoms with van der Waals surface area (Å²) in [6.45, 7) is 12.1. The molecule has 0 bridgehead atoms. The van der Waals surface area contributed by atoms with Crippen LogP contribution in [0, 0.1) is 5.92 Å². The molecule has 0 aliphatic carbocycles. The van der Waals surface area contributed by atoms with E-state index < -0.39 is 35.8 Å². The zero-order valence-corrected chi connectivity index (χ0v) is 22.8. The molecule has 10 nitrogen and oxygen atoms in total. The summed E-state index contributed by atoms with van der Waals surface area (Å²) in [6.07, 6.45) is 3.82. The van der Waals surface area contributed by atoms with Crippen molar-refractivity contribution in [3.05, 3.63) is 61.2 Å². The first-order chi connectivity index (χ1) is 18.0. The van der Waals surface area contributed by atoms with Crippen LogP contribution in [0.1, 0.15) is 32.8 Å². The molecule has 1 aromatic carbocycles. The second-order valence-electron chi connectivity index (χ2n) is 9.14. The highest BCUT2D eigenvalue weighted by Gasteiger charge is 2.32. The molecule has 0 saturated carbocycles. The van der Waals surface area contributed by atoms with E-state index in [1.807, 2.05) is 30.3 Å². The van der Waals surface area contributed by atoms with Gasteiger partial charge in [0.05, 0.1) is 13.7 Å². The van der Waals surface area contributed by atoms with Crippen molar-refractivity contribution >= 4 is 29.6 Å². The zero-order chi connectivity index (χ0) is 28.7. The third-order valence-corrected chi connectivity index (χ3v) is 5.75. The van der Waals surface area contributed by atoms with E-state index in [1.54, 1.807) is 19.9 Å². The Balaban J connectivity index is 3.14. The third-order valence-electron chi connectivity index (χ3n) is 5.75. The summed E-state index contributed by atoms with van der Waals surface area (Å²) in [4.78, 5) is 66.0. The first kappa shape index (κ1) is 32.1. The fraction of sp³-hybridized carbons (Fsp3) is 0.464. The fourth-order valence-electron chi connectivity index (χ4n) is 3.66. The summed E-state index contributed by atoms with van der Waals surface area (Å²) < 4.78 is 4.71. The maximum atomic E-state index is 13.5. The van der Waals surface area contributed by atoms with Crippen molar-refractivity contribution in [2.45, 2.75) is 45.7 Å². The predicted molar refractivity (Wildman–Crippen MR) is 145 cm³/mol. The van der Waals surface area contributed by atoms with Gasteiger partial charge in [-0.25, -0.2) is 0 Å². The van der Waals surface area contributed by atoms with Crippen LogP contribution in [0.4, 0.5) is 0 Å². The molecule has 4 amide bonds. The number of rotatable bonds is 16. The Kier molecular flexibility index (Phi) is 14.1. The van der Waals surface area contributed by atoms with E-state index in [-0.39, 0.29) is 37.9 Å². The Hall–Kier alpha value is -3.95. The summed E-state index contributed by atoms with van der Waals surface area (Å²) in [5.74, 6) is -2.74. The van der Waals surface area contributed by atoms with Crippen LogP contribution in [0.15, 0.2) is 55.6 Å². The van der Waals surface area contributed by atoms with Gasteiger partial charge in [-0.2, -0.15) is 0 Å². The lowest BCUT2D eigenvalue weighted by Gasteiger charge is -2.29. The lowest BCUT2D eigenvalue weighted by Crippen LogP contribution is -2.57. The molecule has 1 aromatic rings. The van der Waals surface area contributed by atoms with Crippen LogP contribution in [0.2, 0.25) is 0 Å². The van der Waals surface area contributed by atoms with Gasteiger partial charge in [0, 0.05) is 26.4 Å². The molecule has 10 heteroatoms. The highest BCUT2D eigenvalue weighted by molar-refractivity contribution is 5.94. The number of esters is 1. The SMILES string of the molecule is C=CCCN(CC(=O)N[C@H](C(=O)N[C@@H](Cc1ccccc1)C(=O)N(CC=C)CC(=O)OC)C(C)C)C(C)=O. The number of hydrogen-bond donors (Lipinski definition) is 2. The van der Waals surface area contributed by atoms with E-state index in [2.05, 4.69) is 23.8 Å². The molecule has 2 atom stereocenters. The summed E-state index contributed by atoms with van der Waals surface area (Å²) >= 11 is 0. The fourth-order valence-corrected chi connectivity index (χ4v) is 3.66. The molecule has 0 heterocycles. The number of nitrogens with zero attached hydrogens (tertiary/aromatic N) is 2. The number of methoxy groups -OCH3 is 1. The number of ether oxygens (including phenoxy) is 1. The standard InChI is InChI=1S/C28H40N4O6/c1-7-9-16-31(21(5)33)18-24(34)30-26(20(3)4)27(36)29-23(17-22-13-11-10-12-14-22)28(37)32(15-8-2)19-25(35)38-6/h7-8,10-14,20,23,26H,1-2,9,15-19H2,3-6H3,(H,29,36)(H,30,34)/t23-,26-/m0/s1. The highest BCUT2D eigenvalue weighted by atomic mass is 16.5. The van der Waals surface area contributed by atoms with Crippen LogP contribution in [0.25, 0.3) is 0 Å². The Morgan fingerprint density at radius 1 is 0.974 bits per heavy atom. The van der Waals surface area contributed by atoms with Gasteiger partial charge in [-0.1, -0.05) is 56.3 Å². The summed E-state index contributed by atoms with van der Waals surface area (Å²) in [6, 6.07) is 7.14. The maximum absolute atomic E-state index is 13.5. The lowest BCUT2D eigenvalue weighted by atomic mass is 10.0. The molecule has 0 radical (unpaired) electrons. The molecule has 1 rings (SSSR count). The molecule has 208 valence electrons. The molecule has 0 aromatic heterocycles. The van der Waals surface area contributed by atoms with Crippen LogP contribution in [0.3, 0.4) is 0 Å². The second kappa shape index (κ2) is 16.7. The van der Waals surface area contributed by atoms with Crippen LogP contribution in [-0.4, -0.2) is 84.8 Å². The molecule has 0 saturated heterocycles. The number of hydrogen-bond acceptors (Lipinski definition) is 6. The maximum Gasteiger partial charge on any atom is 0.325 e. The number of carbonyl (C=O) groups is 5. The predicted octanol–water partition coefficient (Wildman–Crippen LogP) is 1.47. The Labute approximate surface area is 225 Å². The van der Waals surface area contributed by atoms with E-state index in [4.69, 9.17) is 4.74 Å². The van der Waals surface area contributed by atoms with E-state index in [1.165, 1.54) is 29.9 Å². The van der Waals surface area contributed by atoms with Crippen molar-refractivity contribution in [3.63, 3.8) is 0 Å². The quantitative estimate of drug-likeness (QED) is 0.247. The lowest BCUT2D eigenvalue weighted by molar-refractivity contribution is -0.147. The van der Waals surface area contributed by atoms with E-state index in [0.29, 0.717) is 13.0 Å². The Morgan fingerprint density at radius 3 is 2.16 bits per heavy atom. The van der Waals surface area contributed by atoms with Gasteiger partial charge in [0.15, 0.2) is 0 Å². The van der Waals surface area contributed by atoms with Gasteiger partial charge < -0.3 is 25.2 Å². The average Bonchev–Trinajstić information content (AvgIpc) is 2.88. The Morgan fingerprint density at radius 2 is 1.63 bits per heavy atom. The third kappa shape index (κ3) is 11.0. The number of carbonyl (C=O) groups excluding carboxylic acids is 5. The van der Waals surface area contributed by atoms with E-state index >= 15 is 0 Å². The monoisotopic (exact) mass is 528 g/mol. The molecule has 0 aliphatic rings. The molecule has 0 spiro atoms. The molecule has 0 unspecified atom stereocenters. The molecule has 38 heavy (non-hydrogen) atoms. The highest BCUT2D eigenvalue weighted by Crippen LogP contribution is 2.10. The minimum atomic E-state index is -1.02. The Bertz CT molecular complexity index is 979. The van der Waals surface area contributed by atoms with Gasteiger partial charge in [0.2, 0.25) is 23.6 Å². The van der Waals surface area contributed by atoms with Gasteiger partial charge in [-0.05, 0) is 17.9 Å². The van der Waals surface area contributed by atoms with Gasteiger partial charge in [-0.3, -0.25) is 24.0 Å². The van der Waals surface area contributed by atoms with Crippen LogP contribution >= 0.6 is 0 Å². The van der Waals surface area contributed by atoms with E-state index in [9.17, 15) is 24.0 Å². The van der Waals surface area contributed by atoms with Crippen molar-refractivity contribution in [3.8, 4) is 0 Å². The van der Waals surface area contributed by atoms with Crippen LogP contribution < -0.4 is 10.6 Å². The van der Waals surface area contributed by atoms with Gasteiger partial charge >= 0.3 is 5.97 Å². The number of amides is 4. The van der Waals surface area contributed by atoms with E-state index in [0.717, 1.165) is 5.56 Å². The average molecular weight is 529 g/mol. The minimum Gasteiger partial charge on any atom is -0.468 e. The topological polar surface area (TPSA) is 125 Å². The first-order valence-electron chi connectivity index (χ1n) is 12.5. The largest absolute Gasteiger partial charge is 0.468 e. The van der Waals surface area contributed by atoms with Gasteiger partial charge in [-0.15, -0.1) is 13.2 Å². The first-order valence-corrected chi connectivity index (χ1v) is 12.5. The summed E-state index contributed by atoms with van der Waals surface area (Å²) in [5, 5.41) is 5.46. The van der Waals surface area contributed by atoms with Crippen molar-refractivity contribution < 1.29 is 28.7 Å². The van der Waals surface area contributed by atoms with Crippen molar-refractivity contribution in [2.75, 3.05) is 33.3 Å². The van der Waals surface area contributed by atoms with Gasteiger partial charge in [0.25, 0.3) is 0 Å². The summed E-state index contributed by atoms with van der Waals surface area (Å²) in [5.41, 5.74) is 0.798. The van der Waals surface area contributed by atoms with Crippen LogP contribution in [-0.2, 0) is 35.1 Å². The van der Waals surface area contributed by atoms with Crippen molar-refractivity contribution in [2.24, 2.45) is 5.92 Å². The summed E-state index contributed by atoms with van der Waals surface area (Å²) in [7, 11) is 1.22. The molecule has 0 fully saturated rings. The molecule has 2 N–H and O–H groups in total. The number of benzene rings is 1. The van der Waals surface area contributed by atoms with Crippen LogP contribution in [0.5, 0.6) is 0 Å². The second-order valence-corrected chi connectivity index (χ2v) is 9.14. The number of nitrogens with one attached hydrogen (secondary N) is 2.